The van der Waals surface area contributed by atoms with Gasteiger partial charge in [0.25, 0.3) is 0 Å². The summed E-state index contributed by atoms with van der Waals surface area (Å²) >= 11 is 3.46. The molecule has 3 heteroatoms. The zero-order valence-corrected chi connectivity index (χ0v) is 5.76. The summed E-state index contributed by atoms with van der Waals surface area (Å²) < 4.78 is 3.98. The Morgan fingerprint density at radius 3 is 3.00 bits per heavy atom. The van der Waals surface area contributed by atoms with Gasteiger partial charge >= 0.3 is 0 Å². The van der Waals surface area contributed by atoms with E-state index in [1.807, 2.05) is 5.55 Å². The van der Waals surface area contributed by atoms with E-state index in [9.17, 15) is 0 Å². The summed E-state index contributed by atoms with van der Waals surface area (Å²) in [6.07, 6.45) is 0. The fourth-order valence-corrected chi connectivity index (χ4v) is 1.79. The van der Waals surface area contributed by atoms with Gasteiger partial charge in [-0.15, -0.1) is 11.8 Å². The van der Waals surface area contributed by atoms with Crippen molar-refractivity contribution in [2.75, 3.05) is 5.75 Å². The summed E-state index contributed by atoms with van der Waals surface area (Å²) in [5.41, 5.74) is 1.92. The summed E-state index contributed by atoms with van der Waals surface area (Å²) in [5, 5.41) is 0.766. The number of hydrogen-bond acceptors (Lipinski definition) is 3. The molecular weight excluding hydrogens is 126 g/mol. The molecule has 0 aromatic heterocycles. The molecule has 1 heterocycles. The minimum atomic E-state index is 0.766. The first-order valence-corrected chi connectivity index (χ1v) is 4.07. The van der Waals surface area contributed by atoms with Gasteiger partial charge in [0.15, 0.2) is 0 Å². The number of rotatable bonds is 0. The standard InChI is InChI=1S/C4H7NS2/c1-4-2-7-5-3-6-4/h3-4H,2H2,1H3. The van der Waals surface area contributed by atoms with Crippen molar-refractivity contribution in [3.8, 4) is 0 Å². The van der Waals surface area contributed by atoms with Crippen molar-refractivity contribution in [1.82, 2.24) is 0 Å². The lowest BCUT2D eigenvalue weighted by Crippen LogP contribution is -2.01. The molecule has 7 heavy (non-hydrogen) atoms. The van der Waals surface area contributed by atoms with Crippen LogP contribution in [0.25, 0.3) is 0 Å². The third kappa shape index (κ3) is 1.74. The molecule has 0 radical (unpaired) electrons. The number of nitrogens with zero attached hydrogens (tertiary/aromatic N) is 1. The lowest BCUT2D eigenvalue weighted by Gasteiger charge is -2.07. The molecule has 1 atom stereocenters. The molecule has 0 N–H and O–H groups in total. The summed E-state index contributed by atoms with van der Waals surface area (Å²) in [4.78, 5) is 0. The molecule has 1 nitrogen and oxygen atoms in total. The molecule has 0 saturated heterocycles. The van der Waals surface area contributed by atoms with Crippen LogP contribution in [0.5, 0.6) is 0 Å². The fraction of sp³-hybridized carbons (Fsp3) is 0.750. The van der Waals surface area contributed by atoms with Crippen LogP contribution in [0.15, 0.2) is 4.40 Å². The second-order valence-corrected chi connectivity index (χ2v) is 3.54. The van der Waals surface area contributed by atoms with Gasteiger partial charge < -0.3 is 0 Å². The molecule has 0 spiro atoms. The van der Waals surface area contributed by atoms with Crippen molar-refractivity contribution in [2.45, 2.75) is 12.2 Å². The summed E-state index contributed by atoms with van der Waals surface area (Å²) in [7, 11) is 0. The monoisotopic (exact) mass is 133 g/mol. The zero-order chi connectivity index (χ0) is 5.11. The van der Waals surface area contributed by atoms with Gasteiger partial charge in [-0.25, -0.2) is 4.40 Å². The Hall–Kier alpha value is 0.370. The van der Waals surface area contributed by atoms with Gasteiger partial charge in [0, 0.05) is 11.0 Å². The van der Waals surface area contributed by atoms with E-state index in [2.05, 4.69) is 11.3 Å². The molecule has 40 valence electrons. The van der Waals surface area contributed by atoms with Crippen molar-refractivity contribution >= 4 is 29.3 Å². The van der Waals surface area contributed by atoms with Crippen molar-refractivity contribution in [3.05, 3.63) is 0 Å². The molecule has 0 amide bonds. The highest BCUT2D eigenvalue weighted by molar-refractivity contribution is 8.15. The van der Waals surface area contributed by atoms with Gasteiger partial charge in [-0.3, -0.25) is 0 Å². The van der Waals surface area contributed by atoms with Crippen LogP contribution < -0.4 is 0 Å². The molecule has 1 aliphatic heterocycles. The molecule has 0 aliphatic carbocycles. The maximum atomic E-state index is 3.98. The Morgan fingerprint density at radius 2 is 2.71 bits per heavy atom. The normalized spacial score (nSPS) is 30.7. The van der Waals surface area contributed by atoms with Gasteiger partial charge in [-0.2, -0.15) is 0 Å². The third-order valence-corrected chi connectivity index (χ3v) is 2.83. The first-order chi connectivity index (χ1) is 3.39. The summed E-state index contributed by atoms with van der Waals surface area (Å²) in [6, 6.07) is 0. The minimum Gasteiger partial charge on any atom is -0.218 e. The Bertz CT molecular complexity index is 81.8. The van der Waals surface area contributed by atoms with Gasteiger partial charge in [0.2, 0.25) is 0 Å². The van der Waals surface area contributed by atoms with Crippen LogP contribution >= 0.6 is 23.7 Å². The largest absolute Gasteiger partial charge is 0.218 e. The predicted octanol–water partition coefficient (Wildman–Crippen LogP) is 1.80. The SMILES string of the molecule is CC1CSN=CS1. The maximum absolute atomic E-state index is 3.98. The minimum absolute atomic E-state index is 0.766. The number of hydrogen-bond donors (Lipinski definition) is 0. The molecule has 0 aromatic carbocycles. The zero-order valence-electron chi connectivity index (χ0n) is 4.13. The van der Waals surface area contributed by atoms with E-state index in [-0.39, 0.29) is 0 Å². The average molecular weight is 133 g/mol. The average Bonchev–Trinajstić information content (AvgIpc) is 1.69. The predicted molar refractivity (Wildman–Crippen MR) is 38.0 cm³/mol. The van der Waals surface area contributed by atoms with Crippen LogP contribution in [0.4, 0.5) is 0 Å². The van der Waals surface area contributed by atoms with Gasteiger partial charge in [-0.05, 0) is 11.9 Å². The molecule has 0 aromatic rings. The first kappa shape index (κ1) is 5.51. The maximum Gasteiger partial charge on any atom is 0.0683 e. The Labute approximate surface area is 52.1 Å². The van der Waals surface area contributed by atoms with Crippen LogP contribution in [0, 0.1) is 0 Å². The molecule has 1 unspecified atom stereocenters. The Balaban J connectivity index is 2.32. The van der Waals surface area contributed by atoms with Crippen molar-refractivity contribution < 1.29 is 0 Å². The van der Waals surface area contributed by atoms with E-state index in [1.165, 1.54) is 5.75 Å². The van der Waals surface area contributed by atoms with Crippen molar-refractivity contribution in [2.24, 2.45) is 4.40 Å². The molecule has 1 aliphatic rings. The summed E-state index contributed by atoms with van der Waals surface area (Å²) in [6.45, 7) is 2.21. The first-order valence-electron chi connectivity index (χ1n) is 2.19. The van der Waals surface area contributed by atoms with E-state index >= 15 is 0 Å². The van der Waals surface area contributed by atoms with E-state index in [0.717, 1.165) is 5.25 Å². The van der Waals surface area contributed by atoms with Crippen LogP contribution in [0.2, 0.25) is 0 Å². The molecule has 1 rings (SSSR count). The van der Waals surface area contributed by atoms with Gasteiger partial charge in [0.05, 0.1) is 5.55 Å². The van der Waals surface area contributed by atoms with E-state index in [4.69, 9.17) is 0 Å². The highest BCUT2D eigenvalue weighted by Crippen LogP contribution is 2.20. The van der Waals surface area contributed by atoms with Crippen LogP contribution in [0.1, 0.15) is 6.92 Å². The Kier molecular flexibility index (Phi) is 2.06. The fourth-order valence-electron chi connectivity index (χ4n) is 0.346. The van der Waals surface area contributed by atoms with Gasteiger partial charge in [-0.1, -0.05) is 6.92 Å². The quantitative estimate of drug-likeness (QED) is 0.467. The second kappa shape index (κ2) is 2.62. The molecule has 0 bridgehead atoms. The van der Waals surface area contributed by atoms with Gasteiger partial charge in [0.1, 0.15) is 0 Å². The molecule has 0 fully saturated rings. The van der Waals surface area contributed by atoms with E-state index < -0.39 is 0 Å². The van der Waals surface area contributed by atoms with Crippen LogP contribution in [-0.2, 0) is 0 Å². The highest BCUT2D eigenvalue weighted by Gasteiger charge is 2.03. The third-order valence-electron chi connectivity index (χ3n) is 0.720. The summed E-state index contributed by atoms with van der Waals surface area (Å²) in [5.74, 6) is 1.17. The van der Waals surface area contributed by atoms with Crippen LogP contribution in [-0.4, -0.2) is 16.5 Å². The number of thioether (sulfide) groups is 1. The highest BCUT2D eigenvalue weighted by atomic mass is 32.2. The topological polar surface area (TPSA) is 12.4 Å². The Morgan fingerprint density at radius 1 is 1.86 bits per heavy atom. The lowest BCUT2D eigenvalue weighted by molar-refractivity contribution is 1.14. The second-order valence-electron chi connectivity index (χ2n) is 1.45. The van der Waals surface area contributed by atoms with E-state index in [1.54, 1.807) is 23.7 Å². The van der Waals surface area contributed by atoms with E-state index in [0.29, 0.717) is 0 Å². The van der Waals surface area contributed by atoms with Crippen molar-refractivity contribution in [3.63, 3.8) is 0 Å². The molecule has 0 saturated carbocycles. The molecular formula is C4H7NS2. The smallest absolute Gasteiger partial charge is 0.0683 e. The van der Waals surface area contributed by atoms with Crippen LogP contribution in [0.3, 0.4) is 0 Å². The lowest BCUT2D eigenvalue weighted by atomic mass is 10.6. The van der Waals surface area contributed by atoms with Crippen molar-refractivity contribution in [1.29, 1.82) is 0 Å².